The molecule has 2 aliphatic carbocycles. The van der Waals surface area contributed by atoms with Crippen molar-refractivity contribution in [2.45, 2.75) is 260 Å². The van der Waals surface area contributed by atoms with Gasteiger partial charge in [0.1, 0.15) is 0 Å². The van der Waals surface area contributed by atoms with Crippen LogP contribution in [0.3, 0.4) is 0 Å². The molecule has 562 valence electrons. The molecule has 0 atom stereocenters. The van der Waals surface area contributed by atoms with Gasteiger partial charge in [0, 0.05) is 44.9 Å². The molecule has 2 aliphatic heterocycles. The fraction of sp³-hybridized carbons (Fsp3) is 0.377. The summed E-state index contributed by atoms with van der Waals surface area (Å²) in [5.41, 5.74) is 38.3. The summed E-state index contributed by atoms with van der Waals surface area (Å²) in [5.74, 6) is 0. The van der Waals surface area contributed by atoms with Gasteiger partial charge < -0.3 is 14.4 Å². The SMILES string of the molecule is CC(C)(C)c1cc(-c2ccc3c(c2)B2c4cc(-c5cc(C(C)(C)C)cc(C(C)(C)C)c5)ccc4N(c4ccc(-c5ccc6c(c5)C(C)(C)CCC6(C)C)cc4)c4cc(-n5c6ccc(C(C)(C)C)cc6c6cc(C(C)(C)C)ccc65)cc(c42)N3c2ccc(-c3ccc4c(c3)C(C)(C)CCC4(C)C)cc2)cc(C(C)(C)C)c1. The lowest BCUT2D eigenvalue weighted by atomic mass is 9.33. The Bertz CT molecular complexity index is 5310. The van der Waals surface area contributed by atoms with Crippen LogP contribution in [0.25, 0.3) is 72.0 Å². The molecule has 3 heterocycles. The summed E-state index contributed by atoms with van der Waals surface area (Å²) in [5, 5.41) is 2.55. The van der Waals surface area contributed by atoms with Crippen molar-refractivity contribution in [1.82, 2.24) is 4.57 Å². The van der Waals surface area contributed by atoms with Gasteiger partial charge in [0.25, 0.3) is 6.71 Å². The molecular weight excluding hydrogens is 1330 g/mol. The molecule has 0 saturated heterocycles. The molecule has 11 aromatic carbocycles. The maximum atomic E-state index is 2.66. The molecule has 0 unspecified atom stereocenters. The second-order valence-electron chi connectivity index (χ2n) is 42.6. The van der Waals surface area contributed by atoms with Crippen LogP contribution in [-0.4, -0.2) is 11.3 Å². The fourth-order valence-corrected chi connectivity index (χ4v) is 18.7. The summed E-state index contributed by atoms with van der Waals surface area (Å²) in [6, 6.07) is 83.8. The third kappa shape index (κ3) is 12.9. The highest BCUT2D eigenvalue weighted by molar-refractivity contribution is 7.00. The van der Waals surface area contributed by atoms with Gasteiger partial charge in [-0.05, 0) is 269 Å². The average molecular weight is 1450 g/mol. The number of hydrogen-bond acceptors (Lipinski definition) is 2. The molecule has 110 heavy (non-hydrogen) atoms. The zero-order chi connectivity index (χ0) is 78.7. The van der Waals surface area contributed by atoms with Crippen LogP contribution < -0.4 is 26.2 Å². The van der Waals surface area contributed by atoms with Crippen molar-refractivity contribution in [2.24, 2.45) is 0 Å². The largest absolute Gasteiger partial charge is 0.311 e. The van der Waals surface area contributed by atoms with E-state index in [-0.39, 0.29) is 60.9 Å². The van der Waals surface area contributed by atoms with Gasteiger partial charge in [-0.25, -0.2) is 0 Å². The molecule has 4 aliphatic rings. The standard InChI is InChI=1S/C106H120BN3/c1-97(2,3)73-35-45-90-82(61-73)83-62-74(98(4,5)6)36-46-91(83)110(90)81-63-94-96-95(64-81)109(80-39-29-66(30-40-80)68-32-42-85-87(56-68)106(25,26)50-48-104(85,21)22)93-44-34-70(72-53-77(101(13,14)15)60-78(54-72)102(16,17)18)58-89(93)107(96)88-57-69(71-51-75(99(7,8)9)59-76(52-71)100(10,11)12)33-43-92(88)108(94)79-37-27-65(28-38-79)67-31-41-84-86(55-67)105(23,24)49-47-103(84,19)20/h27-46,51-64H,47-50H2,1-26H3. The number of anilines is 6. The molecule has 0 bridgehead atoms. The molecule has 12 aromatic rings. The van der Waals surface area contributed by atoms with E-state index in [1.807, 2.05) is 0 Å². The molecule has 0 N–H and O–H groups in total. The van der Waals surface area contributed by atoms with E-state index in [4.69, 9.17) is 0 Å². The van der Waals surface area contributed by atoms with Crippen molar-refractivity contribution in [3.05, 3.63) is 262 Å². The van der Waals surface area contributed by atoms with Crippen molar-refractivity contribution in [3.63, 3.8) is 0 Å². The Balaban J connectivity index is 1.02. The van der Waals surface area contributed by atoms with E-state index in [9.17, 15) is 0 Å². The lowest BCUT2D eigenvalue weighted by Gasteiger charge is -2.45. The van der Waals surface area contributed by atoms with Crippen LogP contribution in [0.2, 0.25) is 0 Å². The first-order chi connectivity index (χ1) is 51.2. The Labute approximate surface area is 661 Å². The number of hydrogen-bond donors (Lipinski definition) is 0. The van der Waals surface area contributed by atoms with Crippen molar-refractivity contribution >= 4 is 79.0 Å². The Hall–Kier alpha value is -9.12. The minimum absolute atomic E-state index is 0.0583. The fourth-order valence-electron chi connectivity index (χ4n) is 18.7. The summed E-state index contributed by atoms with van der Waals surface area (Å²) in [7, 11) is 0. The second-order valence-corrected chi connectivity index (χ2v) is 42.6. The lowest BCUT2D eigenvalue weighted by Crippen LogP contribution is -2.61. The minimum atomic E-state index is -0.196. The van der Waals surface area contributed by atoms with Crippen LogP contribution >= 0.6 is 0 Å². The van der Waals surface area contributed by atoms with Gasteiger partial charge in [0.15, 0.2) is 0 Å². The predicted octanol–water partition coefficient (Wildman–Crippen LogP) is 28.0. The van der Waals surface area contributed by atoms with Crippen molar-refractivity contribution in [1.29, 1.82) is 0 Å². The van der Waals surface area contributed by atoms with Gasteiger partial charge in [0.05, 0.1) is 16.7 Å². The maximum Gasteiger partial charge on any atom is 0.252 e. The predicted molar refractivity (Wildman–Crippen MR) is 479 cm³/mol. The van der Waals surface area contributed by atoms with Gasteiger partial charge in [-0.2, -0.15) is 0 Å². The first kappa shape index (κ1) is 75.0. The first-order valence-corrected chi connectivity index (χ1v) is 41.2. The number of nitrogens with zero attached hydrogens (tertiary/aromatic N) is 3. The Morgan fingerprint density at radius 1 is 0.245 bits per heavy atom. The Morgan fingerprint density at radius 2 is 0.545 bits per heavy atom. The van der Waals surface area contributed by atoms with Crippen molar-refractivity contribution < 1.29 is 0 Å². The smallest absolute Gasteiger partial charge is 0.252 e. The van der Waals surface area contributed by atoms with E-state index >= 15 is 0 Å². The number of aromatic nitrogens is 1. The van der Waals surface area contributed by atoms with E-state index in [0.29, 0.717) is 0 Å². The molecule has 0 saturated carbocycles. The van der Waals surface area contributed by atoms with Gasteiger partial charge in [-0.1, -0.05) is 313 Å². The molecule has 1 aromatic heterocycles. The van der Waals surface area contributed by atoms with E-state index in [1.54, 1.807) is 0 Å². The first-order valence-electron chi connectivity index (χ1n) is 41.2. The molecule has 0 fully saturated rings. The third-order valence-corrected chi connectivity index (χ3v) is 26.4. The highest BCUT2D eigenvalue weighted by Crippen LogP contribution is 2.53. The number of benzene rings is 11. The molecular formula is C106H120BN3. The molecule has 0 amide bonds. The summed E-state index contributed by atoms with van der Waals surface area (Å²) in [6.45, 7) is 61.9. The van der Waals surface area contributed by atoms with Crippen LogP contribution in [-0.2, 0) is 54.1 Å². The van der Waals surface area contributed by atoms with Crippen LogP contribution in [0.15, 0.2) is 206 Å². The van der Waals surface area contributed by atoms with Gasteiger partial charge in [-0.3, -0.25) is 0 Å². The molecule has 3 nitrogen and oxygen atoms in total. The van der Waals surface area contributed by atoms with Gasteiger partial charge >= 0.3 is 0 Å². The average Bonchev–Trinajstić information content (AvgIpc) is 0.872. The summed E-state index contributed by atoms with van der Waals surface area (Å²) < 4.78 is 2.61. The van der Waals surface area contributed by atoms with Crippen molar-refractivity contribution in [3.8, 4) is 50.2 Å². The molecule has 4 heteroatoms. The summed E-state index contributed by atoms with van der Waals surface area (Å²) >= 11 is 0. The van der Waals surface area contributed by atoms with E-state index in [1.165, 1.54) is 187 Å². The van der Waals surface area contributed by atoms with Crippen molar-refractivity contribution in [2.75, 3.05) is 9.80 Å². The molecule has 0 spiro atoms. The quantitative estimate of drug-likeness (QED) is 0.147. The van der Waals surface area contributed by atoms with E-state index in [2.05, 4.69) is 401 Å². The number of fused-ring (bicyclic) bond motifs is 9. The minimum Gasteiger partial charge on any atom is -0.311 e. The second kappa shape index (κ2) is 25.2. The normalized spacial score (nSPS) is 16.5. The lowest BCUT2D eigenvalue weighted by molar-refractivity contribution is 0.332. The Kier molecular flexibility index (Phi) is 17.2. The topological polar surface area (TPSA) is 11.4 Å². The number of rotatable bonds is 7. The summed E-state index contributed by atoms with van der Waals surface area (Å²) in [6.07, 6.45) is 4.72. The van der Waals surface area contributed by atoms with E-state index in [0.717, 1.165) is 17.1 Å². The Morgan fingerprint density at radius 3 is 0.873 bits per heavy atom. The zero-order valence-corrected chi connectivity index (χ0v) is 71.4. The summed E-state index contributed by atoms with van der Waals surface area (Å²) in [4.78, 5) is 5.32. The third-order valence-electron chi connectivity index (χ3n) is 26.4. The van der Waals surface area contributed by atoms with Gasteiger partial charge in [0.2, 0.25) is 0 Å². The zero-order valence-electron chi connectivity index (χ0n) is 71.4. The monoisotopic (exact) mass is 1450 g/mol. The maximum absolute atomic E-state index is 2.66. The molecule has 16 rings (SSSR count). The highest BCUT2D eigenvalue weighted by atomic mass is 15.2. The highest BCUT2D eigenvalue weighted by Gasteiger charge is 2.46. The van der Waals surface area contributed by atoms with Crippen LogP contribution in [0.1, 0.15) is 261 Å². The van der Waals surface area contributed by atoms with Crippen LogP contribution in [0.4, 0.5) is 34.1 Å². The van der Waals surface area contributed by atoms with Crippen LogP contribution in [0.5, 0.6) is 0 Å². The van der Waals surface area contributed by atoms with E-state index < -0.39 is 0 Å². The van der Waals surface area contributed by atoms with Gasteiger partial charge in [-0.15, -0.1) is 0 Å². The van der Waals surface area contributed by atoms with Crippen LogP contribution in [0, 0.1) is 0 Å². The molecule has 0 radical (unpaired) electrons.